The standard InChI is InChI=1S/C18H14FN5O/c1-24-10-13(22-23-24)11-25-18-8-17(16-7-6-12(19)9-20-16)21-15-5-3-2-4-14(15)18/h2-10H,11H2,1H3. The van der Waals surface area contributed by atoms with Crippen molar-refractivity contribution >= 4 is 10.9 Å². The molecule has 0 radical (unpaired) electrons. The maximum Gasteiger partial charge on any atom is 0.141 e. The largest absolute Gasteiger partial charge is 0.486 e. The molecule has 0 saturated carbocycles. The van der Waals surface area contributed by atoms with Crippen molar-refractivity contribution < 1.29 is 9.13 Å². The van der Waals surface area contributed by atoms with Crippen molar-refractivity contribution in [3.8, 4) is 17.1 Å². The van der Waals surface area contributed by atoms with E-state index in [1.165, 1.54) is 12.3 Å². The number of nitrogens with zero attached hydrogens (tertiary/aromatic N) is 5. The van der Waals surface area contributed by atoms with Gasteiger partial charge in [-0.25, -0.2) is 9.37 Å². The number of hydrogen-bond donors (Lipinski definition) is 0. The maximum atomic E-state index is 13.1. The molecule has 0 amide bonds. The van der Waals surface area contributed by atoms with Gasteiger partial charge in [0.1, 0.15) is 23.9 Å². The Morgan fingerprint density at radius 2 is 2.00 bits per heavy atom. The smallest absolute Gasteiger partial charge is 0.141 e. The maximum absolute atomic E-state index is 13.1. The minimum atomic E-state index is -0.385. The Balaban J connectivity index is 1.74. The quantitative estimate of drug-likeness (QED) is 0.573. The lowest BCUT2D eigenvalue weighted by Crippen LogP contribution is -1.98. The molecule has 4 aromatic rings. The number of aryl methyl sites for hydroxylation is 1. The van der Waals surface area contributed by atoms with Crippen LogP contribution in [0.1, 0.15) is 5.69 Å². The molecule has 6 nitrogen and oxygen atoms in total. The van der Waals surface area contributed by atoms with Gasteiger partial charge in [0.05, 0.1) is 29.3 Å². The second-order valence-electron chi connectivity index (χ2n) is 5.56. The molecule has 3 heterocycles. The van der Waals surface area contributed by atoms with Gasteiger partial charge in [0.15, 0.2) is 0 Å². The number of para-hydroxylation sites is 1. The Morgan fingerprint density at radius 1 is 1.12 bits per heavy atom. The number of hydrogen-bond acceptors (Lipinski definition) is 5. The molecule has 7 heteroatoms. The van der Waals surface area contributed by atoms with Gasteiger partial charge in [-0.3, -0.25) is 9.67 Å². The summed E-state index contributed by atoms with van der Waals surface area (Å²) in [6, 6.07) is 12.4. The summed E-state index contributed by atoms with van der Waals surface area (Å²) in [5, 5.41) is 8.80. The van der Waals surface area contributed by atoms with Crippen LogP contribution in [0, 0.1) is 5.82 Å². The van der Waals surface area contributed by atoms with E-state index in [4.69, 9.17) is 4.74 Å². The Labute approximate surface area is 142 Å². The zero-order chi connectivity index (χ0) is 17.2. The van der Waals surface area contributed by atoms with Crippen LogP contribution < -0.4 is 4.74 Å². The highest BCUT2D eigenvalue weighted by molar-refractivity contribution is 5.87. The van der Waals surface area contributed by atoms with Crippen LogP contribution in [0.2, 0.25) is 0 Å². The van der Waals surface area contributed by atoms with Gasteiger partial charge in [0.25, 0.3) is 0 Å². The predicted molar refractivity (Wildman–Crippen MR) is 90.3 cm³/mol. The second kappa shape index (κ2) is 6.27. The molecular weight excluding hydrogens is 321 g/mol. The van der Waals surface area contributed by atoms with Crippen molar-refractivity contribution in [1.29, 1.82) is 0 Å². The monoisotopic (exact) mass is 335 g/mol. The van der Waals surface area contributed by atoms with Crippen LogP contribution in [0.5, 0.6) is 5.75 Å². The van der Waals surface area contributed by atoms with Crippen molar-refractivity contribution in [1.82, 2.24) is 25.0 Å². The minimum Gasteiger partial charge on any atom is -0.486 e. The molecule has 0 spiro atoms. The summed E-state index contributed by atoms with van der Waals surface area (Å²) in [5.74, 6) is 0.279. The predicted octanol–water partition coefficient (Wildman–Crippen LogP) is 3.14. The first-order valence-electron chi connectivity index (χ1n) is 7.69. The zero-order valence-electron chi connectivity index (χ0n) is 13.4. The van der Waals surface area contributed by atoms with Crippen LogP contribution in [0.3, 0.4) is 0 Å². The first-order chi connectivity index (χ1) is 12.2. The van der Waals surface area contributed by atoms with Crippen molar-refractivity contribution in [2.75, 3.05) is 0 Å². The number of pyridine rings is 2. The molecule has 0 aliphatic rings. The van der Waals surface area contributed by atoms with Crippen molar-refractivity contribution in [2.24, 2.45) is 7.05 Å². The van der Waals surface area contributed by atoms with E-state index in [1.54, 1.807) is 30.1 Å². The average molecular weight is 335 g/mol. The number of halogens is 1. The Hall–Kier alpha value is -3.35. The van der Waals surface area contributed by atoms with Crippen LogP contribution in [0.4, 0.5) is 4.39 Å². The van der Waals surface area contributed by atoms with Gasteiger partial charge >= 0.3 is 0 Å². The van der Waals surface area contributed by atoms with Crippen LogP contribution >= 0.6 is 0 Å². The summed E-state index contributed by atoms with van der Waals surface area (Å²) in [4.78, 5) is 8.70. The van der Waals surface area contributed by atoms with E-state index in [0.29, 0.717) is 17.1 Å². The summed E-state index contributed by atoms with van der Waals surface area (Å²) in [7, 11) is 1.80. The Bertz CT molecular complexity index is 1030. The highest BCUT2D eigenvalue weighted by Crippen LogP contribution is 2.29. The third-order valence-electron chi connectivity index (χ3n) is 3.69. The molecule has 4 rings (SSSR count). The molecule has 0 unspecified atom stereocenters. The van der Waals surface area contributed by atoms with Gasteiger partial charge in [-0.2, -0.15) is 0 Å². The molecule has 0 N–H and O–H groups in total. The Kier molecular flexibility index (Phi) is 3.81. The molecule has 0 atom stereocenters. The van der Waals surface area contributed by atoms with E-state index < -0.39 is 0 Å². The highest BCUT2D eigenvalue weighted by atomic mass is 19.1. The van der Waals surface area contributed by atoms with Gasteiger partial charge in [-0.15, -0.1) is 5.10 Å². The van der Waals surface area contributed by atoms with Crippen molar-refractivity contribution in [3.05, 3.63) is 66.4 Å². The van der Waals surface area contributed by atoms with Gasteiger partial charge in [0, 0.05) is 18.5 Å². The van der Waals surface area contributed by atoms with Crippen LogP contribution in [0.15, 0.2) is 54.9 Å². The van der Waals surface area contributed by atoms with Gasteiger partial charge < -0.3 is 4.74 Å². The number of rotatable bonds is 4. The molecule has 3 aromatic heterocycles. The first-order valence-corrected chi connectivity index (χ1v) is 7.69. The molecule has 25 heavy (non-hydrogen) atoms. The van der Waals surface area contributed by atoms with E-state index in [-0.39, 0.29) is 12.4 Å². The summed E-state index contributed by atoms with van der Waals surface area (Å²) in [5.41, 5.74) is 2.70. The topological polar surface area (TPSA) is 65.7 Å². The molecule has 0 aliphatic carbocycles. The normalized spacial score (nSPS) is 11.0. The van der Waals surface area contributed by atoms with Crippen molar-refractivity contribution in [2.45, 2.75) is 6.61 Å². The lowest BCUT2D eigenvalue weighted by molar-refractivity contribution is 0.305. The van der Waals surface area contributed by atoms with Crippen LogP contribution in [-0.4, -0.2) is 25.0 Å². The van der Waals surface area contributed by atoms with E-state index in [9.17, 15) is 4.39 Å². The summed E-state index contributed by atoms with van der Waals surface area (Å²) < 4.78 is 20.7. The lowest BCUT2D eigenvalue weighted by atomic mass is 10.1. The van der Waals surface area contributed by atoms with Crippen LogP contribution in [0.25, 0.3) is 22.3 Å². The lowest BCUT2D eigenvalue weighted by Gasteiger charge is -2.10. The summed E-state index contributed by atoms with van der Waals surface area (Å²) in [6.45, 7) is 0.290. The minimum absolute atomic E-state index is 0.290. The van der Waals surface area contributed by atoms with E-state index in [2.05, 4.69) is 20.3 Å². The number of aromatic nitrogens is 5. The highest BCUT2D eigenvalue weighted by Gasteiger charge is 2.10. The fourth-order valence-corrected chi connectivity index (χ4v) is 2.53. The fourth-order valence-electron chi connectivity index (χ4n) is 2.53. The number of benzene rings is 1. The third kappa shape index (κ3) is 3.16. The molecule has 0 fully saturated rings. The first kappa shape index (κ1) is 15.2. The van der Waals surface area contributed by atoms with E-state index in [0.717, 1.165) is 16.6 Å². The molecule has 0 saturated heterocycles. The Morgan fingerprint density at radius 3 is 2.76 bits per heavy atom. The van der Waals surface area contributed by atoms with Crippen molar-refractivity contribution in [3.63, 3.8) is 0 Å². The van der Waals surface area contributed by atoms with Gasteiger partial charge in [-0.1, -0.05) is 17.3 Å². The third-order valence-corrected chi connectivity index (χ3v) is 3.69. The number of ether oxygens (including phenoxy) is 1. The van der Waals surface area contributed by atoms with E-state index in [1.807, 2.05) is 24.3 Å². The summed E-state index contributed by atoms with van der Waals surface area (Å²) >= 11 is 0. The SMILES string of the molecule is Cn1cc(COc2cc(-c3ccc(F)cn3)nc3ccccc23)nn1. The summed E-state index contributed by atoms with van der Waals surface area (Å²) in [6.07, 6.45) is 2.97. The number of fused-ring (bicyclic) bond motifs is 1. The molecular formula is C18H14FN5O. The zero-order valence-corrected chi connectivity index (χ0v) is 13.4. The molecule has 0 aliphatic heterocycles. The molecule has 0 bridgehead atoms. The van der Waals surface area contributed by atoms with Gasteiger partial charge in [0.2, 0.25) is 0 Å². The average Bonchev–Trinajstić information content (AvgIpc) is 3.05. The fraction of sp³-hybridized carbons (Fsp3) is 0.111. The van der Waals surface area contributed by atoms with Crippen LogP contribution in [-0.2, 0) is 13.7 Å². The van der Waals surface area contributed by atoms with Gasteiger partial charge in [-0.05, 0) is 24.3 Å². The van der Waals surface area contributed by atoms with E-state index >= 15 is 0 Å². The molecule has 1 aromatic carbocycles. The second-order valence-corrected chi connectivity index (χ2v) is 5.56. The molecule has 124 valence electrons.